The first-order chi connectivity index (χ1) is 11.3. The van der Waals surface area contributed by atoms with Crippen LogP contribution in [0.25, 0.3) is 10.1 Å². The summed E-state index contributed by atoms with van der Waals surface area (Å²) in [6, 6.07) is 16.1. The predicted octanol–water partition coefficient (Wildman–Crippen LogP) is 5.54. The molecule has 0 fully saturated rings. The summed E-state index contributed by atoms with van der Waals surface area (Å²) in [5, 5.41) is 10.5. The molecule has 0 saturated heterocycles. The standard InChI is InChI=1S/C18H13NOS3/c20-18(16-10-12-4-1-2-5-14(12)23-16)19-17(13-7-9-21-11-13)15-6-3-8-22-15/h1-11,17H,(H,19,20). The van der Waals surface area contributed by atoms with Crippen molar-refractivity contribution in [2.75, 3.05) is 0 Å². The molecule has 0 aliphatic carbocycles. The van der Waals surface area contributed by atoms with E-state index in [2.05, 4.69) is 22.8 Å². The van der Waals surface area contributed by atoms with Crippen LogP contribution in [0.4, 0.5) is 0 Å². The highest BCUT2D eigenvalue weighted by molar-refractivity contribution is 7.20. The van der Waals surface area contributed by atoms with Gasteiger partial charge < -0.3 is 5.32 Å². The summed E-state index contributed by atoms with van der Waals surface area (Å²) in [6.45, 7) is 0. The Kier molecular flexibility index (Phi) is 3.99. The van der Waals surface area contributed by atoms with Crippen LogP contribution in [0, 0.1) is 0 Å². The third kappa shape index (κ3) is 2.95. The van der Waals surface area contributed by atoms with Crippen LogP contribution >= 0.6 is 34.0 Å². The van der Waals surface area contributed by atoms with Crippen LogP contribution in [0.5, 0.6) is 0 Å². The number of nitrogens with one attached hydrogen (secondary N) is 1. The minimum absolute atomic E-state index is 0.0178. The molecule has 4 aromatic rings. The molecule has 3 aromatic heterocycles. The Balaban J connectivity index is 1.65. The molecule has 0 aliphatic rings. The smallest absolute Gasteiger partial charge is 0.262 e. The lowest BCUT2D eigenvalue weighted by molar-refractivity contribution is 0.0947. The van der Waals surface area contributed by atoms with Crippen molar-refractivity contribution >= 4 is 50.0 Å². The van der Waals surface area contributed by atoms with E-state index in [0.29, 0.717) is 0 Å². The largest absolute Gasteiger partial charge is 0.340 e. The molecule has 1 unspecified atom stereocenters. The molecule has 1 atom stereocenters. The van der Waals surface area contributed by atoms with Crippen LogP contribution in [0.3, 0.4) is 0 Å². The zero-order chi connectivity index (χ0) is 15.6. The van der Waals surface area contributed by atoms with E-state index >= 15 is 0 Å². The third-order valence-electron chi connectivity index (χ3n) is 3.63. The molecule has 0 spiro atoms. The van der Waals surface area contributed by atoms with Crippen molar-refractivity contribution in [1.82, 2.24) is 5.32 Å². The Morgan fingerprint density at radius 2 is 1.96 bits per heavy atom. The van der Waals surface area contributed by atoms with Gasteiger partial charge in [-0.2, -0.15) is 11.3 Å². The van der Waals surface area contributed by atoms with Gasteiger partial charge in [-0.15, -0.1) is 22.7 Å². The van der Waals surface area contributed by atoms with Crippen molar-refractivity contribution in [1.29, 1.82) is 0 Å². The fourth-order valence-electron chi connectivity index (χ4n) is 2.51. The molecule has 1 N–H and O–H groups in total. The molecular formula is C18H13NOS3. The fraction of sp³-hybridized carbons (Fsp3) is 0.0556. The van der Waals surface area contributed by atoms with Crippen molar-refractivity contribution in [3.05, 3.63) is 80.0 Å². The third-order valence-corrected chi connectivity index (χ3v) is 6.38. The molecule has 1 aromatic carbocycles. The lowest BCUT2D eigenvalue weighted by Gasteiger charge is -2.16. The van der Waals surface area contributed by atoms with E-state index in [9.17, 15) is 4.79 Å². The first-order valence-electron chi connectivity index (χ1n) is 7.16. The first-order valence-corrected chi connectivity index (χ1v) is 9.80. The number of amides is 1. The summed E-state index contributed by atoms with van der Waals surface area (Å²) in [7, 11) is 0. The van der Waals surface area contributed by atoms with Gasteiger partial charge in [0.25, 0.3) is 5.91 Å². The molecule has 114 valence electrons. The van der Waals surface area contributed by atoms with Gasteiger partial charge in [-0.1, -0.05) is 24.3 Å². The Morgan fingerprint density at radius 1 is 1.04 bits per heavy atom. The van der Waals surface area contributed by atoms with Crippen molar-refractivity contribution in [2.24, 2.45) is 0 Å². The summed E-state index contributed by atoms with van der Waals surface area (Å²) in [4.78, 5) is 14.6. The van der Waals surface area contributed by atoms with Gasteiger partial charge in [0.2, 0.25) is 0 Å². The number of rotatable bonds is 4. The van der Waals surface area contributed by atoms with Crippen molar-refractivity contribution < 1.29 is 4.79 Å². The summed E-state index contributed by atoms with van der Waals surface area (Å²) in [5.74, 6) is -0.0178. The highest BCUT2D eigenvalue weighted by Crippen LogP contribution is 2.30. The maximum atomic E-state index is 12.7. The molecule has 4 rings (SSSR count). The summed E-state index contributed by atoms with van der Waals surface area (Å²) in [5.41, 5.74) is 1.13. The lowest BCUT2D eigenvalue weighted by Crippen LogP contribution is -2.27. The second kappa shape index (κ2) is 6.28. The predicted molar refractivity (Wildman–Crippen MR) is 99.8 cm³/mol. The van der Waals surface area contributed by atoms with E-state index < -0.39 is 0 Å². The second-order valence-electron chi connectivity index (χ2n) is 5.13. The maximum absolute atomic E-state index is 12.7. The number of thiophene rings is 3. The average Bonchev–Trinajstić information content (AvgIpc) is 3.33. The molecule has 5 heteroatoms. The van der Waals surface area contributed by atoms with E-state index in [1.54, 1.807) is 22.7 Å². The van der Waals surface area contributed by atoms with Gasteiger partial charge in [-0.25, -0.2) is 0 Å². The van der Waals surface area contributed by atoms with Crippen LogP contribution < -0.4 is 5.32 Å². The Morgan fingerprint density at radius 3 is 2.70 bits per heavy atom. The summed E-state index contributed by atoms with van der Waals surface area (Å²) in [6.07, 6.45) is 0. The topological polar surface area (TPSA) is 29.1 Å². The van der Waals surface area contributed by atoms with Gasteiger partial charge in [0.05, 0.1) is 10.9 Å². The molecule has 3 heterocycles. The lowest BCUT2D eigenvalue weighted by atomic mass is 10.1. The van der Waals surface area contributed by atoms with E-state index in [1.165, 1.54) is 11.3 Å². The summed E-state index contributed by atoms with van der Waals surface area (Å²) < 4.78 is 1.14. The van der Waals surface area contributed by atoms with E-state index in [-0.39, 0.29) is 11.9 Å². The number of carbonyl (C=O) groups is 1. The number of fused-ring (bicyclic) bond motifs is 1. The number of benzene rings is 1. The monoisotopic (exact) mass is 355 g/mol. The zero-order valence-electron chi connectivity index (χ0n) is 12.1. The number of hydrogen-bond donors (Lipinski definition) is 1. The highest BCUT2D eigenvalue weighted by Gasteiger charge is 2.20. The SMILES string of the molecule is O=C(NC(c1ccsc1)c1cccs1)c1cc2ccccc2s1. The van der Waals surface area contributed by atoms with Crippen LogP contribution in [-0.4, -0.2) is 5.91 Å². The van der Waals surface area contributed by atoms with Crippen molar-refractivity contribution in [3.8, 4) is 0 Å². The Bertz CT molecular complexity index is 855. The van der Waals surface area contributed by atoms with Crippen molar-refractivity contribution in [2.45, 2.75) is 6.04 Å². The van der Waals surface area contributed by atoms with Gasteiger partial charge in [-0.3, -0.25) is 4.79 Å². The van der Waals surface area contributed by atoms with Crippen LogP contribution in [0.2, 0.25) is 0 Å². The minimum atomic E-state index is -0.0843. The van der Waals surface area contributed by atoms with Gasteiger partial charge in [0.15, 0.2) is 0 Å². The minimum Gasteiger partial charge on any atom is -0.340 e. The van der Waals surface area contributed by atoms with E-state index in [4.69, 9.17) is 0 Å². The Hall–Kier alpha value is -1.95. The van der Waals surface area contributed by atoms with Crippen LogP contribution in [0.1, 0.15) is 26.2 Å². The highest BCUT2D eigenvalue weighted by atomic mass is 32.1. The fourth-order valence-corrected chi connectivity index (χ4v) is 4.96. The first kappa shape index (κ1) is 14.6. The zero-order valence-corrected chi connectivity index (χ0v) is 14.5. The second-order valence-corrected chi connectivity index (χ2v) is 7.97. The van der Waals surface area contributed by atoms with Crippen molar-refractivity contribution in [3.63, 3.8) is 0 Å². The molecule has 0 aliphatic heterocycles. The number of hydrogen-bond acceptors (Lipinski definition) is 4. The molecule has 1 amide bonds. The van der Waals surface area contributed by atoms with Gasteiger partial charge in [-0.05, 0) is 51.4 Å². The van der Waals surface area contributed by atoms with Crippen LogP contribution in [-0.2, 0) is 0 Å². The molecule has 2 nitrogen and oxygen atoms in total. The van der Waals surface area contributed by atoms with Crippen LogP contribution in [0.15, 0.2) is 64.7 Å². The number of carbonyl (C=O) groups excluding carboxylic acids is 1. The Labute approximate surface area is 146 Å². The molecule has 23 heavy (non-hydrogen) atoms. The van der Waals surface area contributed by atoms with E-state index in [1.807, 2.05) is 47.2 Å². The van der Waals surface area contributed by atoms with Gasteiger partial charge in [0, 0.05) is 9.58 Å². The van der Waals surface area contributed by atoms with Gasteiger partial charge >= 0.3 is 0 Å². The molecule has 0 radical (unpaired) electrons. The molecule has 0 bridgehead atoms. The molecule has 0 saturated carbocycles. The quantitative estimate of drug-likeness (QED) is 0.511. The normalized spacial score (nSPS) is 12.3. The summed E-state index contributed by atoms with van der Waals surface area (Å²) >= 11 is 4.85. The maximum Gasteiger partial charge on any atom is 0.262 e. The van der Waals surface area contributed by atoms with E-state index in [0.717, 1.165) is 25.4 Å². The van der Waals surface area contributed by atoms with Gasteiger partial charge in [0.1, 0.15) is 0 Å². The molecular weight excluding hydrogens is 342 g/mol. The average molecular weight is 356 g/mol.